The van der Waals surface area contributed by atoms with E-state index in [-0.39, 0.29) is 23.2 Å². The molecule has 3 atom stereocenters. The fourth-order valence-electron chi connectivity index (χ4n) is 5.49. The molecule has 1 spiro atoms. The number of hydrogen-bond acceptors (Lipinski definition) is 5. The van der Waals surface area contributed by atoms with Gasteiger partial charge in [-0.3, -0.25) is 24.1 Å². The van der Waals surface area contributed by atoms with E-state index in [4.69, 9.17) is 16.3 Å². The number of likely N-dealkylation sites (tertiary alicyclic amines) is 1. The molecular weight excluding hydrogens is 473 g/mol. The van der Waals surface area contributed by atoms with Crippen molar-refractivity contribution in [2.75, 3.05) is 0 Å². The van der Waals surface area contributed by atoms with Crippen LogP contribution in [0, 0.1) is 17.7 Å². The Labute approximate surface area is 204 Å². The second kappa shape index (κ2) is 7.66. The van der Waals surface area contributed by atoms with Crippen molar-refractivity contribution in [2.24, 2.45) is 11.8 Å². The van der Waals surface area contributed by atoms with Crippen molar-refractivity contribution in [3.8, 4) is 0 Å². The first-order valence-corrected chi connectivity index (χ1v) is 11.4. The molecule has 174 valence electrons. The van der Waals surface area contributed by atoms with E-state index in [1.165, 1.54) is 30.3 Å². The highest BCUT2D eigenvalue weighted by Gasteiger charge is 2.74. The molecule has 0 radical (unpaired) electrons. The third-order valence-electron chi connectivity index (χ3n) is 7.08. The average molecular weight is 490 g/mol. The Balaban J connectivity index is 1.49. The van der Waals surface area contributed by atoms with Crippen LogP contribution >= 0.6 is 11.6 Å². The van der Waals surface area contributed by atoms with Crippen LogP contribution in [0.4, 0.5) is 4.39 Å². The number of Topliss-reactive ketones (excluding diaryl/α,β-unsaturated/α-hetero) is 2. The minimum absolute atomic E-state index is 0.0189. The van der Waals surface area contributed by atoms with E-state index in [1.807, 2.05) is 0 Å². The molecule has 0 bridgehead atoms. The predicted octanol–water partition coefficient (Wildman–Crippen LogP) is 4.17. The van der Waals surface area contributed by atoms with Crippen molar-refractivity contribution < 1.29 is 28.3 Å². The van der Waals surface area contributed by atoms with Crippen LogP contribution < -0.4 is 0 Å². The number of halogens is 2. The van der Waals surface area contributed by atoms with E-state index < -0.39 is 52.7 Å². The van der Waals surface area contributed by atoms with Gasteiger partial charge in [-0.2, -0.15) is 0 Å². The summed E-state index contributed by atoms with van der Waals surface area (Å²) in [6.45, 7) is -0.0722. The van der Waals surface area contributed by atoms with Gasteiger partial charge in [-0.1, -0.05) is 66.2 Å². The van der Waals surface area contributed by atoms with Crippen molar-refractivity contribution in [2.45, 2.75) is 18.2 Å². The lowest BCUT2D eigenvalue weighted by atomic mass is 9.77. The van der Waals surface area contributed by atoms with Gasteiger partial charge >= 0.3 is 0 Å². The van der Waals surface area contributed by atoms with Gasteiger partial charge in [0.1, 0.15) is 5.82 Å². The number of ether oxygens (including phenoxy) is 1. The first-order valence-electron chi connectivity index (χ1n) is 11.0. The number of ketones is 2. The Morgan fingerprint density at radius 3 is 2.06 bits per heavy atom. The molecule has 35 heavy (non-hydrogen) atoms. The minimum Gasteiger partial charge on any atom is -0.349 e. The first kappa shape index (κ1) is 21.8. The van der Waals surface area contributed by atoms with Gasteiger partial charge in [0.15, 0.2) is 0 Å². The summed E-state index contributed by atoms with van der Waals surface area (Å²) in [5, 5.41) is 0.497. The number of imide groups is 1. The zero-order chi connectivity index (χ0) is 24.5. The maximum atomic E-state index is 14.9. The third-order valence-corrected chi connectivity index (χ3v) is 7.33. The monoisotopic (exact) mass is 489 g/mol. The van der Waals surface area contributed by atoms with Crippen LogP contribution in [-0.2, 0) is 20.9 Å². The topological polar surface area (TPSA) is 80.8 Å². The molecule has 2 fully saturated rings. The molecule has 0 aromatic heterocycles. The summed E-state index contributed by atoms with van der Waals surface area (Å²) in [7, 11) is 0. The van der Waals surface area contributed by atoms with Crippen molar-refractivity contribution in [3.63, 3.8) is 0 Å². The quantitative estimate of drug-likeness (QED) is 0.407. The number of benzene rings is 3. The van der Waals surface area contributed by atoms with Crippen LogP contribution in [0.3, 0.4) is 0 Å². The molecule has 2 aliphatic heterocycles. The predicted molar refractivity (Wildman–Crippen MR) is 122 cm³/mol. The minimum atomic E-state index is -2.22. The van der Waals surface area contributed by atoms with Gasteiger partial charge in [-0.15, -0.1) is 0 Å². The first-order chi connectivity index (χ1) is 16.8. The molecule has 1 aliphatic carbocycles. The van der Waals surface area contributed by atoms with E-state index in [0.717, 1.165) is 4.90 Å². The van der Waals surface area contributed by atoms with Crippen LogP contribution in [0.1, 0.15) is 37.9 Å². The summed E-state index contributed by atoms with van der Waals surface area (Å²) in [6, 6.07) is 18.5. The second-order valence-corrected chi connectivity index (χ2v) is 9.33. The van der Waals surface area contributed by atoms with Gasteiger partial charge in [0.25, 0.3) is 0 Å². The Bertz CT molecular complexity index is 1400. The lowest BCUT2D eigenvalue weighted by Gasteiger charge is -2.27. The fraction of sp³-hybridized carbons (Fsp3) is 0.185. The Kier molecular flexibility index (Phi) is 4.78. The van der Waals surface area contributed by atoms with Gasteiger partial charge in [0, 0.05) is 21.7 Å². The lowest BCUT2D eigenvalue weighted by molar-refractivity contribution is -0.145. The maximum absolute atomic E-state index is 14.9. The standard InChI is InChI=1S/C27H17ClFNO5/c28-15-11-9-14(10-12-15)13-30-25(33)20-21(26(30)34)27(35-22(20)18-7-3-4-8-19(18)29)23(31)16-5-1-2-6-17(16)24(27)32/h1-12,20-22H,13H2/t20-,21-,22+/m0/s1. The largest absolute Gasteiger partial charge is 0.349 e. The molecule has 0 N–H and O–H groups in total. The van der Waals surface area contributed by atoms with Crippen LogP contribution in [0.15, 0.2) is 72.8 Å². The molecule has 6 rings (SSSR count). The summed E-state index contributed by atoms with van der Waals surface area (Å²) in [4.78, 5) is 55.7. The fourth-order valence-corrected chi connectivity index (χ4v) is 5.62. The normalized spacial score (nSPS) is 24.4. The van der Waals surface area contributed by atoms with Gasteiger partial charge in [-0.05, 0) is 23.8 Å². The van der Waals surface area contributed by atoms with E-state index >= 15 is 0 Å². The molecule has 0 saturated carbocycles. The number of hydrogen-bond donors (Lipinski definition) is 0. The van der Waals surface area contributed by atoms with Gasteiger partial charge in [-0.25, -0.2) is 4.39 Å². The summed E-state index contributed by atoms with van der Waals surface area (Å²) < 4.78 is 20.9. The number of amides is 2. The van der Waals surface area contributed by atoms with Crippen molar-refractivity contribution in [1.82, 2.24) is 4.90 Å². The van der Waals surface area contributed by atoms with Crippen molar-refractivity contribution >= 4 is 35.0 Å². The number of carbonyl (C=O) groups excluding carboxylic acids is 4. The van der Waals surface area contributed by atoms with Crippen LogP contribution in [0.5, 0.6) is 0 Å². The molecule has 0 unspecified atom stereocenters. The number of fused-ring (bicyclic) bond motifs is 3. The highest BCUT2D eigenvalue weighted by molar-refractivity contribution is 6.35. The summed E-state index contributed by atoms with van der Waals surface area (Å²) in [6.07, 6.45) is -1.28. The smallest absolute Gasteiger partial charge is 0.237 e. The SMILES string of the molecule is O=C1[C@@H]2[C@@H](c3ccccc3F)OC3(C(=O)c4ccccc4C3=O)[C@@H]2C(=O)N1Cc1ccc(Cl)cc1. The van der Waals surface area contributed by atoms with Crippen LogP contribution in [-0.4, -0.2) is 33.9 Å². The molecular formula is C27H17ClFNO5. The third kappa shape index (κ3) is 2.92. The molecule has 8 heteroatoms. The van der Waals surface area contributed by atoms with Gasteiger partial charge < -0.3 is 4.74 Å². The average Bonchev–Trinajstić information content (AvgIpc) is 3.42. The van der Waals surface area contributed by atoms with Crippen LogP contribution in [0.2, 0.25) is 5.02 Å². The van der Waals surface area contributed by atoms with Crippen molar-refractivity contribution in [3.05, 3.63) is 106 Å². The Hall–Kier alpha value is -3.68. The highest BCUT2D eigenvalue weighted by Crippen LogP contribution is 2.57. The molecule has 2 heterocycles. The second-order valence-electron chi connectivity index (χ2n) is 8.89. The molecule has 3 aliphatic rings. The van der Waals surface area contributed by atoms with E-state index in [2.05, 4.69) is 0 Å². The molecule has 2 amide bonds. The highest BCUT2D eigenvalue weighted by atomic mass is 35.5. The molecule has 2 saturated heterocycles. The lowest BCUT2D eigenvalue weighted by Crippen LogP contribution is -2.50. The van der Waals surface area contributed by atoms with E-state index in [9.17, 15) is 23.6 Å². The summed E-state index contributed by atoms with van der Waals surface area (Å²) in [5.41, 5.74) is -1.31. The maximum Gasteiger partial charge on any atom is 0.237 e. The van der Waals surface area contributed by atoms with E-state index in [0.29, 0.717) is 10.6 Å². The number of carbonyl (C=O) groups is 4. The summed E-state index contributed by atoms with van der Waals surface area (Å²) >= 11 is 5.95. The Morgan fingerprint density at radius 2 is 1.43 bits per heavy atom. The number of rotatable bonds is 3. The van der Waals surface area contributed by atoms with Crippen LogP contribution in [0.25, 0.3) is 0 Å². The van der Waals surface area contributed by atoms with Gasteiger partial charge in [0.05, 0.1) is 24.5 Å². The van der Waals surface area contributed by atoms with Gasteiger partial charge in [0.2, 0.25) is 29.0 Å². The molecule has 6 nitrogen and oxygen atoms in total. The molecule has 3 aromatic carbocycles. The zero-order valence-corrected chi connectivity index (χ0v) is 18.9. The van der Waals surface area contributed by atoms with E-state index in [1.54, 1.807) is 42.5 Å². The zero-order valence-electron chi connectivity index (χ0n) is 18.1. The van der Waals surface area contributed by atoms with Crippen molar-refractivity contribution in [1.29, 1.82) is 0 Å². The Morgan fingerprint density at radius 1 is 0.829 bits per heavy atom. The molecule has 3 aromatic rings. The summed E-state index contributed by atoms with van der Waals surface area (Å²) in [5.74, 6) is -5.95. The number of nitrogens with zero attached hydrogens (tertiary/aromatic N) is 1.